The predicted octanol–water partition coefficient (Wildman–Crippen LogP) is 6.37. The highest BCUT2D eigenvalue weighted by Gasteiger charge is 2.19. The van der Waals surface area contributed by atoms with Crippen LogP contribution in [0.15, 0.2) is 36.9 Å². The molecule has 2 nitrogen and oxygen atoms in total. The van der Waals surface area contributed by atoms with Gasteiger partial charge in [-0.15, -0.1) is 0 Å². The Morgan fingerprint density at radius 3 is 1.55 bits per heavy atom. The minimum absolute atomic E-state index is 0.0363. The van der Waals surface area contributed by atoms with E-state index >= 15 is 0 Å². The normalized spacial score (nSPS) is 9.00. The lowest BCUT2D eigenvalue weighted by molar-refractivity contribution is 1.45. The van der Waals surface area contributed by atoms with Crippen molar-refractivity contribution in [1.29, 1.82) is 10.5 Å². The molecule has 0 N–H and O–H groups in total. The number of hydrogen-bond donors (Lipinski definition) is 0. The van der Waals surface area contributed by atoms with Crippen LogP contribution in [0.4, 0.5) is 0 Å². The zero-order valence-corrected chi connectivity index (χ0v) is 14.1. The highest BCUT2D eigenvalue weighted by Crippen LogP contribution is 2.40. The van der Waals surface area contributed by atoms with Crippen LogP contribution in [-0.4, -0.2) is 0 Å². The molecule has 0 unspecified atom stereocenters. The molecule has 0 saturated heterocycles. The lowest BCUT2D eigenvalue weighted by Gasteiger charge is -2.05. The molecule has 0 aliphatic rings. The molecule has 0 heterocycles. The first-order valence-electron chi connectivity index (χ1n) is 5.81. The predicted molar refractivity (Wildman–Crippen MR) is 92.4 cm³/mol. The summed E-state index contributed by atoms with van der Waals surface area (Å²) >= 11 is 22.8. The standard InChI is InChI=1S/C8Cl4N2.C8H8/c9-5-3(1-13)6(10)8(12)7(11)4(5)2-14;1-2-8-6-4-3-5-7-8/h;2-7H,1H2. The molecule has 0 saturated carbocycles. The van der Waals surface area contributed by atoms with Crippen LogP contribution in [0, 0.1) is 22.7 Å². The van der Waals surface area contributed by atoms with E-state index in [0.29, 0.717) is 0 Å². The van der Waals surface area contributed by atoms with Crippen molar-refractivity contribution in [2.75, 3.05) is 0 Å². The average molecular weight is 370 g/mol. The summed E-state index contributed by atoms with van der Waals surface area (Å²) in [5.41, 5.74) is 1.09. The van der Waals surface area contributed by atoms with Gasteiger partial charge in [-0.3, -0.25) is 0 Å². The molecule has 0 aromatic heterocycles. The van der Waals surface area contributed by atoms with E-state index in [0.717, 1.165) is 0 Å². The maximum atomic E-state index is 8.70. The van der Waals surface area contributed by atoms with Gasteiger partial charge in [-0.2, -0.15) is 10.5 Å². The molecule has 2 aromatic rings. The first-order valence-corrected chi connectivity index (χ1v) is 7.32. The van der Waals surface area contributed by atoms with Crippen molar-refractivity contribution in [2.24, 2.45) is 0 Å². The molecule has 6 heteroatoms. The van der Waals surface area contributed by atoms with Crippen molar-refractivity contribution < 1.29 is 0 Å². The molecule has 0 atom stereocenters. The van der Waals surface area contributed by atoms with Gasteiger partial charge in [-0.05, 0) is 5.56 Å². The van der Waals surface area contributed by atoms with Crippen molar-refractivity contribution in [3.8, 4) is 12.1 Å². The van der Waals surface area contributed by atoms with Crippen LogP contribution in [0.1, 0.15) is 16.7 Å². The molecule has 0 bridgehead atoms. The molecular weight excluding hydrogens is 362 g/mol. The van der Waals surface area contributed by atoms with E-state index in [-0.39, 0.29) is 31.2 Å². The van der Waals surface area contributed by atoms with Crippen LogP contribution in [0.25, 0.3) is 6.08 Å². The van der Waals surface area contributed by atoms with Crippen molar-refractivity contribution in [2.45, 2.75) is 0 Å². The maximum absolute atomic E-state index is 8.70. The van der Waals surface area contributed by atoms with Crippen LogP contribution in [-0.2, 0) is 0 Å². The van der Waals surface area contributed by atoms with Crippen LogP contribution >= 0.6 is 46.4 Å². The first kappa shape index (κ1) is 18.4. The van der Waals surface area contributed by atoms with Gasteiger partial charge < -0.3 is 0 Å². The SMILES string of the molecule is C=Cc1ccccc1.N#Cc1c(Cl)c(Cl)c(Cl)c(C#N)c1Cl. The minimum atomic E-state index is -0.0746. The van der Waals surface area contributed by atoms with Gasteiger partial charge in [0.15, 0.2) is 0 Å². The van der Waals surface area contributed by atoms with Crippen LogP contribution < -0.4 is 0 Å². The minimum Gasteiger partial charge on any atom is -0.192 e. The molecule has 0 aliphatic carbocycles. The highest BCUT2D eigenvalue weighted by atomic mass is 35.5. The van der Waals surface area contributed by atoms with Gasteiger partial charge in [0.25, 0.3) is 0 Å². The van der Waals surface area contributed by atoms with Gasteiger partial charge in [0.1, 0.15) is 12.1 Å². The largest absolute Gasteiger partial charge is 0.192 e. The molecule has 110 valence electrons. The fourth-order valence-corrected chi connectivity index (χ4v) is 2.49. The number of benzene rings is 2. The summed E-state index contributed by atoms with van der Waals surface area (Å²) in [5.74, 6) is 0. The van der Waals surface area contributed by atoms with E-state index in [1.54, 1.807) is 12.1 Å². The van der Waals surface area contributed by atoms with Crippen LogP contribution in [0.5, 0.6) is 0 Å². The van der Waals surface area contributed by atoms with Gasteiger partial charge in [-0.25, -0.2) is 0 Å². The van der Waals surface area contributed by atoms with E-state index in [2.05, 4.69) is 6.58 Å². The molecule has 2 rings (SSSR count). The molecule has 0 fully saturated rings. The van der Waals surface area contributed by atoms with E-state index in [9.17, 15) is 0 Å². The fourth-order valence-electron chi connectivity index (χ4n) is 1.42. The van der Waals surface area contributed by atoms with Crippen LogP contribution in [0.2, 0.25) is 20.1 Å². The number of nitriles is 2. The van der Waals surface area contributed by atoms with Crippen molar-refractivity contribution >= 4 is 52.5 Å². The molecular formula is C16H8Cl4N2. The summed E-state index contributed by atoms with van der Waals surface area (Å²) in [6.07, 6.45) is 1.83. The fraction of sp³-hybridized carbons (Fsp3) is 0. The Morgan fingerprint density at radius 2 is 1.23 bits per heavy atom. The second-order valence-corrected chi connectivity index (χ2v) is 5.36. The van der Waals surface area contributed by atoms with Gasteiger partial charge in [0.2, 0.25) is 0 Å². The number of nitrogens with zero attached hydrogens (tertiary/aromatic N) is 2. The summed E-state index contributed by atoms with van der Waals surface area (Å²) in [6.45, 7) is 3.63. The third-order valence-electron chi connectivity index (χ3n) is 2.52. The number of hydrogen-bond acceptors (Lipinski definition) is 2. The molecule has 22 heavy (non-hydrogen) atoms. The summed E-state index contributed by atoms with van der Waals surface area (Å²) in [7, 11) is 0. The monoisotopic (exact) mass is 368 g/mol. The smallest absolute Gasteiger partial charge is 0.102 e. The Bertz CT molecular complexity index is 730. The third-order valence-corrected chi connectivity index (χ3v) is 4.23. The van der Waals surface area contributed by atoms with Crippen molar-refractivity contribution in [1.82, 2.24) is 0 Å². The Kier molecular flexibility index (Phi) is 7.25. The molecule has 0 aliphatic heterocycles. The van der Waals surface area contributed by atoms with E-state index in [1.165, 1.54) is 5.56 Å². The average Bonchev–Trinajstić information content (AvgIpc) is 2.55. The summed E-state index contributed by atoms with van der Waals surface area (Å²) in [6, 6.07) is 13.5. The zero-order chi connectivity index (χ0) is 16.7. The van der Waals surface area contributed by atoms with E-state index < -0.39 is 0 Å². The summed E-state index contributed by atoms with van der Waals surface area (Å²) < 4.78 is 0. The third kappa shape index (κ3) is 4.17. The van der Waals surface area contributed by atoms with Crippen molar-refractivity contribution in [3.05, 3.63) is 73.7 Å². The molecule has 0 amide bonds. The van der Waals surface area contributed by atoms with Gasteiger partial charge in [0, 0.05) is 0 Å². The maximum Gasteiger partial charge on any atom is 0.102 e. The molecule has 0 spiro atoms. The van der Waals surface area contributed by atoms with Gasteiger partial charge in [0.05, 0.1) is 31.2 Å². The lowest BCUT2D eigenvalue weighted by Crippen LogP contribution is -1.89. The number of halogens is 4. The summed E-state index contributed by atoms with van der Waals surface area (Å²) in [5, 5.41) is 17.2. The van der Waals surface area contributed by atoms with Crippen molar-refractivity contribution in [3.63, 3.8) is 0 Å². The zero-order valence-electron chi connectivity index (χ0n) is 11.1. The molecule has 0 radical (unpaired) electrons. The first-order chi connectivity index (χ1) is 10.5. The van der Waals surface area contributed by atoms with E-state index in [1.807, 2.05) is 36.4 Å². The topological polar surface area (TPSA) is 47.6 Å². The second kappa shape index (κ2) is 8.69. The Balaban J connectivity index is 0.000000255. The molecule has 2 aromatic carbocycles. The lowest BCUT2D eigenvalue weighted by atomic mass is 10.1. The summed E-state index contributed by atoms with van der Waals surface area (Å²) in [4.78, 5) is 0. The van der Waals surface area contributed by atoms with Gasteiger partial charge >= 0.3 is 0 Å². The van der Waals surface area contributed by atoms with E-state index in [4.69, 9.17) is 56.9 Å². The second-order valence-electron chi connectivity index (χ2n) is 3.84. The Labute approximate surface area is 148 Å². The van der Waals surface area contributed by atoms with Crippen LogP contribution in [0.3, 0.4) is 0 Å². The highest BCUT2D eigenvalue weighted by molar-refractivity contribution is 6.50. The quantitative estimate of drug-likeness (QED) is 0.432. The Hall–Kier alpha value is -1.68. The number of rotatable bonds is 1. The van der Waals surface area contributed by atoms with Gasteiger partial charge in [-0.1, -0.05) is 89.4 Å². The Morgan fingerprint density at radius 1 is 0.773 bits per heavy atom.